The zero-order chi connectivity index (χ0) is 63.6. The molecule has 10 nitrogen and oxygen atoms in total. The van der Waals surface area contributed by atoms with E-state index in [-0.39, 0.29) is 6.61 Å². The highest BCUT2D eigenvalue weighted by Gasteiger charge is 2.21. The van der Waals surface area contributed by atoms with Gasteiger partial charge in [-0.2, -0.15) is 0 Å². The second-order valence-electron chi connectivity index (χ2n) is 23.5. The number of H-pyrrole nitrogens is 4. The number of aromatic amines is 4. The van der Waals surface area contributed by atoms with Crippen LogP contribution >= 0.6 is 0 Å². The average Bonchev–Trinajstić information content (AvgIpc) is 1.67. The number of rotatable bonds is 13. The number of carbonyl (C=O) groups excluding carboxylic acids is 1. The Bertz CT molecular complexity index is 5500. The van der Waals surface area contributed by atoms with Gasteiger partial charge in [0, 0.05) is 94.7 Å². The molecule has 10 heteroatoms. The fourth-order valence-electron chi connectivity index (χ4n) is 13.1. The van der Waals surface area contributed by atoms with E-state index in [4.69, 9.17) is 24.7 Å². The van der Waals surface area contributed by atoms with Crippen molar-refractivity contribution < 1.29 is 9.53 Å². The van der Waals surface area contributed by atoms with Crippen LogP contribution in [0.1, 0.15) is 56.7 Å². The van der Waals surface area contributed by atoms with Crippen LogP contribution in [0.15, 0.2) is 261 Å². The van der Waals surface area contributed by atoms with Gasteiger partial charge in [-0.25, -0.2) is 24.7 Å². The summed E-state index contributed by atoms with van der Waals surface area (Å²) in [5, 5.41) is 0. The Hall–Kier alpha value is -12.8. The Kier molecular flexibility index (Phi) is 15.2. The molecule has 0 unspecified atom stereocenters. The number of aromatic nitrogens is 8. The smallest absolute Gasteiger partial charge is 0.331 e. The molecule has 16 rings (SSSR count). The molecule has 4 aliphatic rings. The highest BCUT2D eigenvalue weighted by atomic mass is 16.5. The lowest BCUT2D eigenvalue weighted by Crippen LogP contribution is -2.03. The number of benzene rings is 6. The molecular formula is C85H60N8O2. The maximum absolute atomic E-state index is 14.1. The van der Waals surface area contributed by atoms with Crippen LogP contribution in [0.2, 0.25) is 0 Å². The van der Waals surface area contributed by atoms with Crippen LogP contribution in [0.3, 0.4) is 0 Å². The fourth-order valence-corrected chi connectivity index (χ4v) is 13.1. The highest BCUT2D eigenvalue weighted by Crippen LogP contribution is 2.40. The van der Waals surface area contributed by atoms with Gasteiger partial charge in [-0.15, -0.1) is 0 Å². The summed E-state index contributed by atoms with van der Waals surface area (Å²) in [4.78, 5) is 50.9. The average molecular weight is 1230 g/mol. The number of hydrogen-bond donors (Lipinski definition) is 4. The van der Waals surface area contributed by atoms with Crippen molar-refractivity contribution in [1.82, 2.24) is 39.9 Å². The number of hydrogen-bond acceptors (Lipinski definition) is 6. The minimum Gasteiger partial charge on any atom is -0.458 e. The molecule has 4 N–H and O–H groups in total. The van der Waals surface area contributed by atoms with Crippen molar-refractivity contribution in [3.63, 3.8) is 0 Å². The third kappa shape index (κ3) is 11.4. The second kappa shape index (κ2) is 25.1. The van der Waals surface area contributed by atoms with E-state index >= 15 is 0 Å². The zero-order valence-corrected chi connectivity index (χ0v) is 51.6. The van der Waals surface area contributed by atoms with Crippen molar-refractivity contribution in [2.24, 2.45) is 0 Å². The molecule has 0 atom stereocenters. The van der Waals surface area contributed by atoms with Crippen molar-refractivity contribution in [2.45, 2.75) is 6.42 Å². The zero-order valence-electron chi connectivity index (χ0n) is 51.6. The minimum atomic E-state index is -0.534. The first-order chi connectivity index (χ1) is 46.9. The predicted octanol–water partition coefficient (Wildman–Crippen LogP) is 20.5. The maximum atomic E-state index is 14.1. The summed E-state index contributed by atoms with van der Waals surface area (Å²) in [6, 6.07) is 79.1. The van der Waals surface area contributed by atoms with Crippen LogP contribution in [0.25, 0.3) is 166 Å². The van der Waals surface area contributed by atoms with Crippen LogP contribution in [0.5, 0.6) is 0 Å². The quantitative estimate of drug-likeness (QED) is 0.0515. The summed E-state index contributed by atoms with van der Waals surface area (Å²) in [6.07, 6.45) is 24.3. The van der Waals surface area contributed by atoms with Gasteiger partial charge in [0.05, 0.1) is 45.6 Å². The molecule has 0 spiro atoms. The lowest BCUT2D eigenvalue weighted by atomic mass is 10.0. The van der Waals surface area contributed by atoms with E-state index in [0.717, 1.165) is 156 Å². The number of ether oxygens (including phenoxy) is 1. The van der Waals surface area contributed by atoms with E-state index < -0.39 is 5.97 Å². The van der Waals surface area contributed by atoms with Crippen molar-refractivity contribution in [3.05, 3.63) is 318 Å². The van der Waals surface area contributed by atoms with E-state index in [9.17, 15) is 4.79 Å². The summed E-state index contributed by atoms with van der Waals surface area (Å²) in [7, 11) is 0. The summed E-state index contributed by atoms with van der Waals surface area (Å²) in [6.45, 7) is 4.32. The van der Waals surface area contributed by atoms with Crippen LogP contribution < -0.4 is 0 Å². The first kappa shape index (κ1) is 57.4. The van der Waals surface area contributed by atoms with E-state index in [0.29, 0.717) is 23.3 Å². The SMILES string of the molecule is C=C(/C=C/Cc1c2nc(c(-c3ccccc3)c3ccc([nH]3)c(-c3ccccc3)c3nc(c(-c4ccccc4)c4ccc1[nH]4)C=C3)C=C2)COC(=O)/C=C/c1c2nc(c(-c3ccccc3)c3ccc([nH]3)c(-c3ccccc3)c3nc(c(-c4ccccc4)c4ccc1[nH]4)C=C3)C=C2. The second-order valence-corrected chi connectivity index (χ2v) is 23.5. The highest BCUT2D eigenvalue weighted by molar-refractivity contribution is 6.01. The summed E-state index contributed by atoms with van der Waals surface area (Å²) < 4.78 is 5.98. The third-order valence-electron chi connectivity index (χ3n) is 17.5. The number of esters is 1. The molecule has 0 saturated carbocycles. The summed E-state index contributed by atoms with van der Waals surface area (Å²) >= 11 is 0. The molecule has 10 heterocycles. The Morgan fingerprint density at radius 2 is 0.600 bits per heavy atom. The minimum absolute atomic E-state index is 0.0385. The van der Waals surface area contributed by atoms with Gasteiger partial charge in [-0.3, -0.25) is 0 Å². The lowest BCUT2D eigenvalue weighted by Gasteiger charge is -2.06. The summed E-state index contributed by atoms with van der Waals surface area (Å²) in [5.41, 5.74) is 27.7. The number of allylic oxidation sites excluding steroid dienone is 1. The number of nitrogens with zero attached hydrogens (tertiary/aromatic N) is 4. The molecule has 0 amide bonds. The molecule has 6 aromatic carbocycles. The van der Waals surface area contributed by atoms with Gasteiger partial charge in [0.15, 0.2) is 0 Å². The van der Waals surface area contributed by atoms with Crippen LogP contribution in [0.4, 0.5) is 0 Å². The molecule has 0 aliphatic carbocycles. The number of nitrogens with one attached hydrogen (secondary N) is 4. The molecule has 6 aromatic heterocycles. The number of fused-ring (bicyclic) bond motifs is 16. The summed E-state index contributed by atoms with van der Waals surface area (Å²) in [5.74, 6) is -0.534. The van der Waals surface area contributed by atoms with E-state index in [2.05, 4.69) is 233 Å². The monoisotopic (exact) mass is 1220 g/mol. The van der Waals surface area contributed by atoms with Gasteiger partial charge >= 0.3 is 5.97 Å². The molecule has 12 aromatic rings. The van der Waals surface area contributed by atoms with E-state index in [1.165, 1.54) is 6.08 Å². The van der Waals surface area contributed by atoms with E-state index in [1.807, 2.05) is 85.0 Å². The topological polar surface area (TPSA) is 141 Å². The molecule has 0 fully saturated rings. The molecule has 16 bridgehead atoms. The normalized spacial score (nSPS) is 12.3. The number of carbonyl (C=O) groups is 1. The van der Waals surface area contributed by atoms with Crippen molar-refractivity contribution >= 4 is 105 Å². The molecular weight excluding hydrogens is 1160 g/mol. The molecule has 452 valence electrons. The molecule has 4 aliphatic heterocycles. The molecule has 95 heavy (non-hydrogen) atoms. The molecule has 0 radical (unpaired) electrons. The van der Waals surface area contributed by atoms with Crippen molar-refractivity contribution in [3.8, 4) is 66.8 Å². The van der Waals surface area contributed by atoms with Crippen LogP contribution in [-0.4, -0.2) is 52.4 Å². The Balaban J connectivity index is 0.761. The third-order valence-corrected chi connectivity index (χ3v) is 17.5. The lowest BCUT2D eigenvalue weighted by molar-refractivity contribution is -0.136. The van der Waals surface area contributed by atoms with Gasteiger partial charge in [0.1, 0.15) is 6.61 Å². The van der Waals surface area contributed by atoms with Gasteiger partial charge in [0.25, 0.3) is 0 Å². The van der Waals surface area contributed by atoms with Gasteiger partial charge < -0.3 is 24.7 Å². The fraction of sp³-hybridized carbons (Fsp3) is 0.0235. The van der Waals surface area contributed by atoms with Crippen molar-refractivity contribution in [1.29, 1.82) is 0 Å². The standard InChI is InChI=1S/C85H60N8O2/c1-54(21-20-34-61-63-36-40-67(86-63)80(55-22-8-2-9-23-55)71-44-48-75(90-71)84(59-30-16-6-17-31-59)76-49-45-72(91-76)81(56-24-10-3-11-25-56)68-41-37-64(61)87-68)53-95-79(94)52-35-62-65-38-42-69(88-65)82(57-26-12-4-13-27-57)73-46-50-77(92-73)85(60-32-18-7-19-33-60)78-51-47-74(93-78)83(58-28-14-5-15-29-58)70-43-39-66(62)89-70/h2-33,35-52,86,88,91,93H,1,34,53H2/b21-20+,52-35+,63-61?,64-61?,65-62?,66-62?,80-67?,80-71?,81-68?,81-72?,82-69?,82-73?,83-70?,83-74?,84-75?,84-76?,85-77?,85-78?. The van der Waals surface area contributed by atoms with Crippen LogP contribution in [0, 0.1) is 0 Å². The predicted molar refractivity (Wildman–Crippen MR) is 392 cm³/mol. The maximum Gasteiger partial charge on any atom is 0.331 e. The Morgan fingerprint density at radius 1 is 0.326 bits per heavy atom. The van der Waals surface area contributed by atoms with Gasteiger partial charge in [-0.05, 0) is 149 Å². The Morgan fingerprint density at radius 3 is 0.958 bits per heavy atom. The largest absolute Gasteiger partial charge is 0.458 e. The first-order valence-electron chi connectivity index (χ1n) is 31.7. The van der Waals surface area contributed by atoms with E-state index in [1.54, 1.807) is 6.08 Å². The van der Waals surface area contributed by atoms with Gasteiger partial charge in [-0.1, -0.05) is 201 Å². The first-order valence-corrected chi connectivity index (χ1v) is 31.7. The Labute approximate surface area is 548 Å². The van der Waals surface area contributed by atoms with Gasteiger partial charge in [0.2, 0.25) is 0 Å². The molecule has 0 saturated heterocycles. The van der Waals surface area contributed by atoms with Crippen molar-refractivity contribution in [2.75, 3.05) is 6.61 Å². The van der Waals surface area contributed by atoms with Crippen LogP contribution in [-0.2, 0) is 16.0 Å².